The molecular formula is C23H22O3S. The molecule has 0 radical (unpaired) electrons. The van der Waals surface area contributed by atoms with Crippen molar-refractivity contribution in [2.24, 2.45) is 0 Å². The summed E-state index contributed by atoms with van der Waals surface area (Å²) in [5, 5.41) is 10.5. The van der Waals surface area contributed by atoms with Gasteiger partial charge in [0.25, 0.3) is 0 Å². The highest BCUT2D eigenvalue weighted by Gasteiger charge is 2.20. The standard InChI is InChI=1S/C23H22O3S/c1-14(2)18-11-16-9-6-10-17(16)12-21(18)27-22-19(24)13-20(26-23(22)25)15-7-4-3-5-8-15/h3-5,7-8,11-14,24H,6,9-10H2,1-2H3. The Balaban J connectivity index is 1.74. The molecule has 0 amide bonds. The molecule has 1 aliphatic rings. The Morgan fingerprint density at radius 3 is 2.41 bits per heavy atom. The second-order valence-electron chi connectivity index (χ2n) is 7.25. The molecule has 3 nitrogen and oxygen atoms in total. The van der Waals surface area contributed by atoms with Gasteiger partial charge < -0.3 is 9.52 Å². The fourth-order valence-electron chi connectivity index (χ4n) is 3.58. The Morgan fingerprint density at radius 1 is 1.04 bits per heavy atom. The van der Waals surface area contributed by atoms with Crippen molar-refractivity contribution in [2.75, 3.05) is 0 Å². The van der Waals surface area contributed by atoms with Crippen LogP contribution in [0.2, 0.25) is 0 Å². The Kier molecular flexibility index (Phi) is 4.83. The minimum Gasteiger partial charge on any atom is -0.506 e. The number of hydrogen-bond acceptors (Lipinski definition) is 4. The summed E-state index contributed by atoms with van der Waals surface area (Å²) >= 11 is 1.31. The predicted molar refractivity (Wildman–Crippen MR) is 109 cm³/mol. The van der Waals surface area contributed by atoms with E-state index < -0.39 is 5.63 Å². The zero-order chi connectivity index (χ0) is 19.0. The third-order valence-electron chi connectivity index (χ3n) is 5.01. The maximum atomic E-state index is 12.6. The highest BCUT2D eigenvalue weighted by atomic mass is 32.2. The fourth-order valence-corrected chi connectivity index (χ4v) is 4.70. The van der Waals surface area contributed by atoms with Crippen molar-refractivity contribution >= 4 is 11.8 Å². The van der Waals surface area contributed by atoms with Gasteiger partial charge in [-0.1, -0.05) is 62.0 Å². The molecule has 0 fully saturated rings. The Hall–Kier alpha value is -2.46. The first kappa shape index (κ1) is 17.9. The summed E-state index contributed by atoms with van der Waals surface area (Å²) in [7, 11) is 0. The van der Waals surface area contributed by atoms with Crippen LogP contribution in [0, 0.1) is 0 Å². The lowest BCUT2D eigenvalue weighted by Crippen LogP contribution is -2.04. The quantitative estimate of drug-likeness (QED) is 0.625. The number of fused-ring (bicyclic) bond motifs is 1. The highest BCUT2D eigenvalue weighted by Crippen LogP contribution is 2.40. The first-order chi connectivity index (χ1) is 13.0. The molecule has 0 saturated heterocycles. The third-order valence-corrected chi connectivity index (χ3v) is 6.16. The number of aromatic hydroxyl groups is 1. The monoisotopic (exact) mass is 378 g/mol. The number of benzene rings is 2. The van der Waals surface area contributed by atoms with E-state index in [1.165, 1.54) is 40.9 Å². The molecule has 3 aromatic rings. The van der Waals surface area contributed by atoms with Crippen LogP contribution in [0.5, 0.6) is 5.75 Å². The molecule has 27 heavy (non-hydrogen) atoms. The molecule has 1 aromatic heterocycles. The van der Waals surface area contributed by atoms with Gasteiger partial charge in [-0.25, -0.2) is 4.79 Å². The Morgan fingerprint density at radius 2 is 1.74 bits per heavy atom. The van der Waals surface area contributed by atoms with Gasteiger partial charge in [-0.05, 0) is 47.9 Å². The van der Waals surface area contributed by atoms with E-state index in [-0.39, 0.29) is 10.6 Å². The third kappa shape index (κ3) is 3.54. The highest BCUT2D eigenvalue weighted by molar-refractivity contribution is 7.99. The second-order valence-corrected chi connectivity index (χ2v) is 8.30. The summed E-state index contributed by atoms with van der Waals surface area (Å²) in [6.07, 6.45) is 3.38. The molecule has 4 heteroatoms. The van der Waals surface area contributed by atoms with Crippen LogP contribution in [0.3, 0.4) is 0 Å². The Labute approximate surface area is 163 Å². The first-order valence-corrected chi connectivity index (χ1v) is 10.1. The van der Waals surface area contributed by atoms with Crippen molar-refractivity contribution in [2.45, 2.75) is 48.8 Å². The summed E-state index contributed by atoms with van der Waals surface area (Å²) in [6.45, 7) is 4.31. The van der Waals surface area contributed by atoms with E-state index in [2.05, 4.69) is 26.0 Å². The van der Waals surface area contributed by atoms with E-state index in [4.69, 9.17) is 4.42 Å². The lowest BCUT2D eigenvalue weighted by atomic mass is 9.98. The molecule has 1 N–H and O–H groups in total. The van der Waals surface area contributed by atoms with E-state index in [1.807, 2.05) is 30.3 Å². The van der Waals surface area contributed by atoms with Gasteiger partial charge in [-0.3, -0.25) is 0 Å². The topological polar surface area (TPSA) is 50.4 Å². The zero-order valence-corrected chi connectivity index (χ0v) is 16.3. The predicted octanol–water partition coefficient (Wildman–Crippen LogP) is 5.78. The van der Waals surface area contributed by atoms with Gasteiger partial charge >= 0.3 is 5.63 Å². The van der Waals surface area contributed by atoms with Gasteiger partial charge in [0.15, 0.2) is 0 Å². The molecule has 1 heterocycles. The van der Waals surface area contributed by atoms with Crippen LogP contribution in [0.25, 0.3) is 11.3 Å². The molecule has 0 spiro atoms. The van der Waals surface area contributed by atoms with Crippen LogP contribution in [-0.4, -0.2) is 5.11 Å². The summed E-state index contributed by atoms with van der Waals surface area (Å²) < 4.78 is 5.50. The van der Waals surface area contributed by atoms with Gasteiger partial charge in [0.05, 0.1) is 0 Å². The van der Waals surface area contributed by atoms with Gasteiger partial charge in [0.2, 0.25) is 0 Å². The average Bonchev–Trinajstić information content (AvgIpc) is 3.11. The van der Waals surface area contributed by atoms with Crippen molar-refractivity contribution in [3.8, 4) is 17.1 Å². The Bertz CT molecular complexity index is 1040. The number of aryl methyl sites for hydroxylation is 2. The molecule has 2 aromatic carbocycles. The van der Waals surface area contributed by atoms with Gasteiger partial charge in [0, 0.05) is 16.5 Å². The van der Waals surface area contributed by atoms with Crippen LogP contribution < -0.4 is 5.63 Å². The molecule has 0 aliphatic heterocycles. The smallest absolute Gasteiger partial charge is 0.354 e. The molecule has 138 valence electrons. The van der Waals surface area contributed by atoms with Crippen LogP contribution >= 0.6 is 11.8 Å². The average molecular weight is 378 g/mol. The maximum Gasteiger partial charge on any atom is 0.354 e. The SMILES string of the molecule is CC(C)c1cc2c(cc1Sc1c(O)cc(-c3ccccc3)oc1=O)CCC2. The van der Waals surface area contributed by atoms with E-state index in [9.17, 15) is 9.90 Å². The van der Waals surface area contributed by atoms with Crippen molar-refractivity contribution < 1.29 is 9.52 Å². The van der Waals surface area contributed by atoms with Gasteiger partial charge in [-0.15, -0.1) is 0 Å². The van der Waals surface area contributed by atoms with Crippen molar-refractivity contribution in [1.29, 1.82) is 0 Å². The first-order valence-electron chi connectivity index (χ1n) is 9.29. The van der Waals surface area contributed by atoms with E-state index >= 15 is 0 Å². The van der Waals surface area contributed by atoms with E-state index in [1.54, 1.807) is 0 Å². The van der Waals surface area contributed by atoms with Gasteiger partial charge in [-0.2, -0.15) is 0 Å². The van der Waals surface area contributed by atoms with Crippen molar-refractivity contribution in [3.63, 3.8) is 0 Å². The summed E-state index contributed by atoms with van der Waals surface area (Å²) in [6, 6.07) is 15.3. The molecule has 0 bridgehead atoms. The van der Waals surface area contributed by atoms with Crippen LogP contribution in [-0.2, 0) is 12.8 Å². The zero-order valence-electron chi connectivity index (χ0n) is 15.5. The van der Waals surface area contributed by atoms with E-state index in [0.717, 1.165) is 23.3 Å². The lowest BCUT2D eigenvalue weighted by molar-refractivity contribution is 0.430. The largest absolute Gasteiger partial charge is 0.506 e. The fraction of sp³-hybridized carbons (Fsp3) is 0.261. The van der Waals surface area contributed by atoms with E-state index in [0.29, 0.717) is 11.7 Å². The van der Waals surface area contributed by atoms with Gasteiger partial charge in [0.1, 0.15) is 16.4 Å². The molecule has 1 aliphatic carbocycles. The van der Waals surface area contributed by atoms with Crippen LogP contribution in [0.15, 0.2) is 67.5 Å². The number of hydrogen-bond donors (Lipinski definition) is 1. The summed E-state index contributed by atoms with van der Waals surface area (Å²) in [5.74, 6) is 0.682. The maximum absolute atomic E-state index is 12.6. The van der Waals surface area contributed by atoms with Crippen LogP contribution in [0.1, 0.15) is 42.9 Å². The number of rotatable bonds is 4. The lowest BCUT2D eigenvalue weighted by Gasteiger charge is -2.15. The molecule has 0 unspecified atom stereocenters. The van der Waals surface area contributed by atoms with Crippen molar-refractivity contribution in [1.82, 2.24) is 0 Å². The minimum atomic E-state index is -0.506. The van der Waals surface area contributed by atoms with Crippen LogP contribution in [0.4, 0.5) is 0 Å². The van der Waals surface area contributed by atoms with Crippen molar-refractivity contribution in [3.05, 3.63) is 75.6 Å². The molecule has 0 saturated carbocycles. The summed E-state index contributed by atoms with van der Waals surface area (Å²) in [4.78, 5) is 13.9. The second kappa shape index (κ2) is 7.28. The minimum absolute atomic E-state index is 0.0368. The molecular weight excluding hydrogens is 356 g/mol. The molecule has 4 rings (SSSR count). The summed E-state index contributed by atoms with van der Waals surface area (Å²) in [5.41, 5.74) is 4.24. The molecule has 0 atom stereocenters. The normalized spacial score (nSPS) is 13.1.